The summed E-state index contributed by atoms with van der Waals surface area (Å²) < 4.78 is 5.76. The Hall–Kier alpha value is -1.55. The van der Waals surface area contributed by atoms with E-state index in [1.807, 2.05) is 20.8 Å². The molecule has 0 radical (unpaired) electrons. The van der Waals surface area contributed by atoms with Gasteiger partial charge < -0.3 is 9.64 Å². The molecule has 2 aliphatic rings. The number of amides is 1. The summed E-state index contributed by atoms with van der Waals surface area (Å²) >= 11 is 0. The molecule has 4 nitrogen and oxygen atoms in total. The molecule has 0 spiro atoms. The Bertz CT molecular complexity index is 568. The number of hydrogen-bond acceptors (Lipinski definition) is 3. The van der Waals surface area contributed by atoms with Crippen molar-refractivity contribution >= 4 is 6.09 Å². The molecule has 0 atom stereocenters. The molecule has 0 aromatic heterocycles. The third-order valence-corrected chi connectivity index (χ3v) is 5.52. The van der Waals surface area contributed by atoms with Crippen LogP contribution in [0.4, 0.5) is 4.79 Å². The van der Waals surface area contributed by atoms with Crippen LogP contribution in [0.1, 0.15) is 64.9 Å². The van der Waals surface area contributed by atoms with Crippen molar-refractivity contribution in [1.29, 1.82) is 0 Å². The van der Waals surface area contributed by atoms with Gasteiger partial charge in [-0.05, 0) is 52.0 Å². The van der Waals surface area contributed by atoms with Crippen LogP contribution in [0.3, 0.4) is 0 Å². The lowest BCUT2D eigenvalue weighted by Gasteiger charge is -2.41. The van der Waals surface area contributed by atoms with E-state index in [-0.39, 0.29) is 6.09 Å². The first kappa shape index (κ1) is 19.2. The largest absolute Gasteiger partial charge is 0.444 e. The number of nitrogens with zero attached hydrogens (tertiary/aromatic N) is 2. The van der Waals surface area contributed by atoms with Crippen LogP contribution in [0.25, 0.3) is 0 Å². The monoisotopic (exact) mass is 358 g/mol. The van der Waals surface area contributed by atoms with Crippen molar-refractivity contribution in [3.63, 3.8) is 0 Å². The summed E-state index contributed by atoms with van der Waals surface area (Å²) in [5, 5.41) is 0. The van der Waals surface area contributed by atoms with E-state index in [0.29, 0.717) is 12.1 Å². The minimum absolute atomic E-state index is 0.106. The highest BCUT2D eigenvalue weighted by Gasteiger charge is 2.36. The highest BCUT2D eigenvalue weighted by atomic mass is 16.6. The van der Waals surface area contributed by atoms with Crippen molar-refractivity contribution in [2.24, 2.45) is 0 Å². The lowest BCUT2D eigenvalue weighted by Crippen LogP contribution is -2.52. The zero-order valence-corrected chi connectivity index (χ0v) is 16.6. The Kier molecular flexibility index (Phi) is 6.23. The number of likely N-dealkylation sites (tertiary alicyclic amines) is 1. The molecule has 2 fully saturated rings. The van der Waals surface area contributed by atoms with Crippen molar-refractivity contribution in [3.8, 4) is 0 Å². The molecule has 144 valence electrons. The summed E-state index contributed by atoms with van der Waals surface area (Å²) in [6.07, 6.45) is 6.71. The van der Waals surface area contributed by atoms with E-state index in [2.05, 4.69) is 40.1 Å². The normalized spacial score (nSPS) is 20.3. The molecule has 1 heterocycles. The molecule has 3 rings (SSSR count). The highest BCUT2D eigenvalue weighted by Crippen LogP contribution is 2.30. The molecule has 1 aromatic carbocycles. The number of rotatable bonds is 4. The lowest BCUT2D eigenvalue weighted by molar-refractivity contribution is -0.00413. The van der Waals surface area contributed by atoms with Crippen LogP contribution in [0.2, 0.25) is 0 Å². The quantitative estimate of drug-likeness (QED) is 0.773. The standard InChI is InChI=1S/C22H34N2O2/c1-22(2,3)26-21(25)24(19-11-7-8-12-19)20-13-15-23(16-14-20)17-18-9-5-4-6-10-18/h4-6,9-10,19-20H,7-8,11-17H2,1-3H3. The molecule has 4 heteroatoms. The number of hydrogen-bond donors (Lipinski definition) is 0. The second-order valence-electron chi connectivity index (χ2n) is 8.82. The molecule has 0 bridgehead atoms. The molecular weight excluding hydrogens is 324 g/mol. The van der Waals surface area contributed by atoms with E-state index in [1.165, 1.54) is 18.4 Å². The number of carbonyl (C=O) groups is 1. The molecule has 1 aliphatic heterocycles. The SMILES string of the molecule is CC(C)(C)OC(=O)N(C1CCCC1)C1CCN(Cc2ccccc2)CC1. The molecule has 26 heavy (non-hydrogen) atoms. The molecule has 1 saturated heterocycles. The Labute approximate surface area is 158 Å². The second kappa shape index (κ2) is 8.43. The Balaban J connectivity index is 1.60. The van der Waals surface area contributed by atoms with Gasteiger partial charge in [0.05, 0.1) is 0 Å². The van der Waals surface area contributed by atoms with Gasteiger partial charge in [-0.1, -0.05) is 43.2 Å². The first-order valence-electron chi connectivity index (χ1n) is 10.2. The highest BCUT2D eigenvalue weighted by molar-refractivity contribution is 5.69. The Morgan fingerprint density at radius 3 is 2.19 bits per heavy atom. The summed E-state index contributed by atoms with van der Waals surface area (Å²) in [5.41, 5.74) is 0.938. The topological polar surface area (TPSA) is 32.8 Å². The molecule has 0 N–H and O–H groups in total. The van der Waals surface area contributed by atoms with Gasteiger partial charge in [-0.15, -0.1) is 0 Å². The van der Waals surface area contributed by atoms with Gasteiger partial charge >= 0.3 is 6.09 Å². The van der Waals surface area contributed by atoms with Gasteiger partial charge in [0.15, 0.2) is 0 Å². The first-order valence-corrected chi connectivity index (χ1v) is 10.2. The molecule has 1 saturated carbocycles. The Morgan fingerprint density at radius 2 is 1.62 bits per heavy atom. The lowest BCUT2D eigenvalue weighted by atomic mass is 10.00. The molecule has 1 aromatic rings. The summed E-state index contributed by atoms with van der Waals surface area (Å²) in [4.78, 5) is 17.5. The average Bonchev–Trinajstić information content (AvgIpc) is 3.10. The third-order valence-electron chi connectivity index (χ3n) is 5.52. The molecular formula is C22H34N2O2. The predicted molar refractivity (Wildman–Crippen MR) is 105 cm³/mol. The Morgan fingerprint density at radius 1 is 1.04 bits per heavy atom. The predicted octanol–water partition coefficient (Wildman–Crippen LogP) is 4.83. The summed E-state index contributed by atoms with van der Waals surface area (Å²) in [6, 6.07) is 11.3. The maximum atomic E-state index is 12.9. The van der Waals surface area contributed by atoms with Crippen LogP contribution >= 0.6 is 0 Å². The second-order valence-corrected chi connectivity index (χ2v) is 8.82. The van der Waals surface area contributed by atoms with Gasteiger partial charge in [0.25, 0.3) is 0 Å². The molecule has 1 aliphatic carbocycles. The smallest absolute Gasteiger partial charge is 0.410 e. The van der Waals surface area contributed by atoms with Gasteiger partial charge in [-0.3, -0.25) is 4.90 Å². The first-order chi connectivity index (χ1) is 12.4. The van der Waals surface area contributed by atoms with E-state index in [1.54, 1.807) is 0 Å². The average molecular weight is 359 g/mol. The van der Waals surface area contributed by atoms with Crippen molar-refractivity contribution in [1.82, 2.24) is 9.80 Å². The van der Waals surface area contributed by atoms with E-state index in [9.17, 15) is 4.79 Å². The van der Waals surface area contributed by atoms with E-state index < -0.39 is 5.60 Å². The number of benzene rings is 1. The van der Waals surface area contributed by atoms with Gasteiger partial charge in [-0.25, -0.2) is 4.79 Å². The number of carbonyl (C=O) groups excluding carboxylic acids is 1. The fourth-order valence-electron chi connectivity index (χ4n) is 4.29. The van der Waals surface area contributed by atoms with Crippen LogP contribution in [0.15, 0.2) is 30.3 Å². The van der Waals surface area contributed by atoms with Gasteiger partial charge in [0.1, 0.15) is 5.60 Å². The zero-order valence-electron chi connectivity index (χ0n) is 16.6. The summed E-state index contributed by atoms with van der Waals surface area (Å²) in [6.45, 7) is 8.97. The minimum atomic E-state index is -0.429. The van der Waals surface area contributed by atoms with Crippen LogP contribution in [0.5, 0.6) is 0 Å². The van der Waals surface area contributed by atoms with Gasteiger partial charge in [0.2, 0.25) is 0 Å². The van der Waals surface area contributed by atoms with E-state index in [4.69, 9.17) is 4.74 Å². The minimum Gasteiger partial charge on any atom is -0.444 e. The van der Waals surface area contributed by atoms with Crippen molar-refractivity contribution < 1.29 is 9.53 Å². The van der Waals surface area contributed by atoms with E-state index >= 15 is 0 Å². The number of ether oxygens (including phenoxy) is 1. The zero-order chi connectivity index (χ0) is 18.6. The maximum absolute atomic E-state index is 12.9. The van der Waals surface area contributed by atoms with Crippen LogP contribution in [-0.4, -0.2) is 46.7 Å². The fourth-order valence-corrected chi connectivity index (χ4v) is 4.29. The molecule has 0 unspecified atom stereocenters. The van der Waals surface area contributed by atoms with Crippen LogP contribution < -0.4 is 0 Å². The van der Waals surface area contributed by atoms with Crippen LogP contribution in [-0.2, 0) is 11.3 Å². The fraction of sp³-hybridized carbons (Fsp3) is 0.682. The number of piperidine rings is 1. The third kappa shape index (κ3) is 5.23. The summed E-state index contributed by atoms with van der Waals surface area (Å²) in [7, 11) is 0. The van der Waals surface area contributed by atoms with Crippen molar-refractivity contribution in [2.45, 2.75) is 83.5 Å². The van der Waals surface area contributed by atoms with Gasteiger partial charge in [-0.2, -0.15) is 0 Å². The molecule has 1 amide bonds. The maximum Gasteiger partial charge on any atom is 0.410 e. The van der Waals surface area contributed by atoms with Crippen LogP contribution in [0, 0.1) is 0 Å². The van der Waals surface area contributed by atoms with Crippen molar-refractivity contribution in [3.05, 3.63) is 35.9 Å². The van der Waals surface area contributed by atoms with Crippen molar-refractivity contribution in [2.75, 3.05) is 13.1 Å². The van der Waals surface area contributed by atoms with E-state index in [0.717, 1.165) is 45.3 Å². The van der Waals surface area contributed by atoms with Gasteiger partial charge in [0, 0.05) is 31.7 Å². The summed E-state index contributed by atoms with van der Waals surface area (Å²) in [5.74, 6) is 0.